The lowest BCUT2D eigenvalue weighted by Crippen LogP contribution is -2.37. The Hall–Kier alpha value is -2.04. The van der Waals surface area contributed by atoms with E-state index >= 15 is 0 Å². The number of piperidine rings is 1. The van der Waals surface area contributed by atoms with Crippen LogP contribution in [0.3, 0.4) is 0 Å². The summed E-state index contributed by atoms with van der Waals surface area (Å²) in [5.74, 6) is 1.07. The smallest absolute Gasteiger partial charge is 0.227 e. The number of nitrogens with one attached hydrogen (secondary N) is 1. The third-order valence-electron chi connectivity index (χ3n) is 6.04. The standard InChI is InChI=1S/C24H29ClN2O2/c25-23-8-4-1-5-19(23)17-27-15-13-18(14-16-27)24(28)26-20-9-11-22(12-10-20)29-21-6-2-3-7-21/h1,4-5,8-12,18,21H,2-3,6-7,13-17H2,(H,26,28). The van der Waals surface area contributed by atoms with Crippen molar-refractivity contribution in [3.8, 4) is 5.75 Å². The van der Waals surface area contributed by atoms with Crippen LogP contribution in [0.25, 0.3) is 0 Å². The second-order valence-electron chi connectivity index (χ2n) is 8.18. The van der Waals surface area contributed by atoms with E-state index in [0.717, 1.165) is 67.3 Å². The third kappa shape index (κ3) is 5.52. The number of amides is 1. The SMILES string of the molecule is O=C(Nc1ccc(OC2CCCC2)cc1)C1CCN(Cc2ccccc2Cl)CC1. The summed E-state index contributed by atoms with van der Waals surface area (Å²) in [6.45, 7) is 2.67. The van der Waals surface area contributed by atoms with Crippen molar-refractivity contribution in [3.63, 3.8) is 0 Å². The molecule has 2 aromatic rings. The summed E-state index contributed by atoms with van der Waals surface area (Å²) < 4.78 is 5.99. The first kappa shape index (κ1) is 20.2. The second kappa shape index (κ2) is 9.64. The van der Waals surface area contributed by atoms with E-state index in [1.807, 2.05) is 42.5 Å². The zero-order valence-electron chi connectivity index (χ0n) is 16.8. The number of benzene rings is 2. The van der Waals surface area contributed by atoms with Gasteiger partial charge in [0.15, 0.2) is 0 Å². The first-order chi connectivity index (χ1) is 14.2. The molecule has 1 amide bonds. The number of hydrogen-bond donors (Lipinski definition) is 1. The molecule has 0 spiro atoms. The highest BCUT2D eigenvalue weighted by atomic mass is 35.5. The van der Waals surface area contributed by atoms with Crippen molar-refractivity contribution in [3.05, 3.63) is 59.1 Å². The minimum atomic E-state index is 0.0620. The Balaban J connectivity index is 1.24. The third-order valence-corrected chi connectivity index (χ3v) is 6.41. The van der Waals surface area contributed by atoms with Gasteiger partial charge in [-0.15, -0.1) is 0 Å². The van der Waals surface area contributed by atoms with Crippen LogP contribution in [0.15, 0.2) is 48.5 Å². The molecule has 1 heterocycles. The Labute approximate surface area is 178 Å². The molecule has 0 aromatic heterocycles. The number of halogens is 1. The fraction of sp³-hybridized carbons (Fsp3) is 0.458. The highest BCUT2D eigenvalue weighted by molar-refractivity contribution is 6.31. The predicted octanol–water partition coefficient (Wildman–Crippen LogP) is 5.51. The molecule has 0 unspecified atom stereocenters. The number of nitrogens with zero attached hydrogens (tertiary/aromatic N) is 1. The van der Waals surface area contributed by atoms with Gasteiger partial charge in [-0.25, -0.2) is 0 Å². The molecule has 1 aliphatic heterocycles. The monoisotopic (exact) mass is 412 g/mol. The van der Waals surface area contributed by atoms with Gasteiger partial charge in [-0.05, 0) is 87.5 Å². The molecule has 5 heteroatoms. The molecule has 2 aliphatic rings. The van der Waals surface area contributed by atoms with Gasteiger partial charge < -0.3 is 10.1 Å². The molecule has 0 bridgehead atoms. The van der Waals surface area contributed by atoms with Gasteiger partial charge in [0.1, 0.15) is 5.75 Å². The molecule has 2 aromatic carbocycles. The maximum atomic E-state index is 12.7. The van der Waals surface area contributed by atoms with E-state index in [1.54, 1.807) is 0 Å². The molecule has 0 radical (unpaired) electrons. The molecular weight excluding hydrogens is 384 g/mol. The van der Waals surface area contributed by atoms with Crippen LogP contribution in [0.1, 0.15) is 44.1 Å². The van der Waals surface area contributed by atoms with E-state index in [-0.39, 0.29) is 11.8 Å². The summed E-state index contributed by atoms with van der Waals surface area (Å²) in [6.07, 6.45) is 6.91. The van der Waals surface area contributed by atoms with Gasteiger partial charge in [0.2, 0.25) is 5.91 Å². The Kier molecular flexibility index (Phi) is 6.73. The van der Waals surface area contributed by atoms with Gasteiger partial charge in [-0.3, -0.25) is 9.69 Å². The maximum absolute atomic E-state index is 12.7. The van der Waals surface area contributed by atoms with Crippen LogP contribution < -0.4 is 10.1 Å². The molecular formula is C24H29ClN2O2. The Morgan fingerprint density at radius 2 is 1.69 bits per heavy atom. The Bertz CT molecular complexity index is 810. The number of rotatable bonds is 6. The minimum Gasteiger partial charge on any atom is -0.490 e. The summed E-state index contributed by atoms with van der Waals surface area (Å²) in [7, 11) is 0. The summed E-state index contributed by atoms with van der Waals surface area (Å²) >= 11 is 6.27. The van der Waals surface area contributed by atoms with Crippen molar-refractivity contribution in [2.24, 2.45) is 5.92 Å². The molecule has 0 atom stereocenters. The van der Waals surface area contributed by atoms with Gasteiger partial charge >= 0.3 is 0 Å². The first-order valence-corrected chi connectivity index (χ1v) is 11.1. The van der Waals surface area contributed by atoms with E-state index < -0.39 is 0 Å². The van der Waals surface area contributed by atoms with Crippen LogP contribution in [-0.4, -0.2) is 30.0 Å². The lowest BCUT2D eigenvalue weighted by atomic mass is 9.95. The van der Waals surface area contributed by atoms with E-state index in [9.17, 15) is 4.79 Å². The van der Waals surface area contributed by atoms with Crippen molar-refractivity contribution >= 4 is 23.2 Å². The van der Waals surface area contributed by atoms with Crippen molar-refractivity contribution < 1.29 is 9.53 Å². The molecule has 154 valence electrons. The molecule has 4 rings (SSSR count). The van der Waals surface area contributed by atoms with Crippen LogP contribution in [0, 0.1) is 5.92 Å². The molecule has 1 N–H and O–H groups in total. The first-order valence-electron chi connectivity index (χ1n) is 10.7. The number of likely N-dealkylation sites (tertiary alicyclic amines) is 1. The van der Waals surface area contributed by atoms with Gasteiger partial charge in [0.05, 0.1) is 6.10 Å². The summed E-state index contributed by atoms with van der Waals surface area (Å²) in [5.41, 5.74) is 1.99. The molecule has 1 saturated carbocycles. The quantitative estimate of drug-likeness (QED) is 0.679. The van der Waals surface area contributed by atoms with Gasteiger partial charge in [0.25, 0.3) is 0 Å². The van der Waals surface area contributed by atoms with Crippen LogP contribution in [0.4, 0.5) is 5.69 Å². The average Bonchev–Trinajstić information content (AvgIpc) is 3.25. The summed E-state index contributed by atoms with van der Waals surface area (Å²) in [4.78, 5) is 15.0. The molecule has 1 aliphatic carbocycles. The average molecular weight is 413 g/mol. The Morgan fingerprint density at radius 3 is 2.38 bits per heavy atom. The number of carbonyl (C=O) groups is 1. The maximum Gasteiger partial charge on any atom is 0.227 e. The topological polar surface area (TPSA) is 41.6 Å². The van der Waals surface area contributed by atoms with Crippen molar-refractivity contribution in [2.45, 2.75) is 51.2 Å². The summed E-state index contributed by atoms with van der Waals surface area (Å²) in [6, 6.07) is 15.8. The fourth-order valence-electron chi connectivity index (χ4n) is 4.28. The van der Waals surface area contributed by atoms with Crippen LogP contribution in [-0.2, 0) is 11.3 Å². The fourth-order valence-corrected chi connectivity index (χ4v) is 4.48. The number of hydrogen-bond acceptors (Lipinski definition) is 3. The van der Waals surface area contributed by atoms with Crippen molar-refractivity contribution in [2.75, 3.05) is 18.4 Å². The zero-order chi connectivity index (χ0) is 20.1. The Morgan fingerprint density at radius 1 is 1.00 bits per heavy atom. The van der Waals surface area contributed by atoms with E-state index in [4.69, 9.17) is 16.3 Å². The molecule has 29 heavy (non-hydrogen) atoms. The molecule has 1 saturated heterocycles. The predicted molar refractivity (Wildman–Crippen MR) is 117 cm³/mol. The van der Waals surface area contributed by atoms with E-state index in [2.05, 4.69) is 16.3 Å². The lowest BCUT2D eigenvalue weighted by molar-refractivity contribution is -0.121. The van der Waals surface area contributed by atoms with Crippen molar-refractivity contribution in [1.29, 1.82) is 0 Å². The number of ether oxygens (including phenoxy) is 1. The highest BCUT2D eigenvalue weighted by Crippen LogP contribution is 2.26. The van der Waals surface area contributed by atoms with Gasteiger partial charge in [-0.2, -0.15) is 0 Å². The number of carbonyl (C=O) groups excluding carboxylic acids is 1. The van der Waals surface area contributed by atoms with Gasteiger partial charge in [0, 0.05) is 23.2 Å². The zero-order valence-corrected chi connectivity index (χ0v) is 17.5. The van der Waals surface area contributed by atoms with Gasteiger partial charge in [-0.1, -0.05) is 29.8 Å². The summed E-state index contributed by atoms with van der Waals surface area (Å²) in [5, 5.41) is 3.88. The largest absolute Gasteiger partial charge is 0.490 e. The van der Waals surface area contributed by atoms with Crippen LogP contribution in [0.5, 0.6) is 5.75 Å². The number of anilines is 1. The minimum absolute atomic E-state index is 0.0620. The molecule has 2 fully saturated rings. The second-order valence-corrected chi connectivity index (χ2v) is 8.59. The normalized spacial score (nSPS) is 18.7. The highest BCUT2D eigenvalue weighted by Gasteiger charge is 2.25. The van der Waals surface area contributed by atoms with Crippen molar-refractivity contribution in [1.82, 2.24) is 4.90 Å². The van der Waals surface area contributed by atoms with Crippen LogP contribution >= 0.6 is 11.6 Å². The van der Waals surface area contributed by atoms with Crippen LogP contribution in [0.2, 0.25) is 5.02 Å². The van der Waals surface area contributed by atoms with E-state index in [1.165, 1.54) is 12.8 Å². The van der Waals surface area contributed by atoms with E-state index in [0.29, 0.717) is 6.10 Å². The lowest BCUT2D eigenvalue weighted by Gasteiger charge is -2.31. The molecule has 4 nitrogen and oxygen atoms in total.